The summed E-state index contributed by atoms with van der Waals surface area (Å²) in [6.07, 6.45) is -0.128. The molecule has 2 fully saturated rings. The van der Waals surface area contributed by atoms with Gasteiger partial charge < -0.3 is 14.7 Å². The predicted molar refractivity (Wildman–Crippen MR) is 75.8 cm³/mol. The lowest BCUT2D eigenvalue weighted by molar-refractivity contribution is -0.148. The van der Waals surface area contributed by atoms with Crippen molar-refractivity contribution in [1.82, 2.24) is 4.90 Å². The smallest absolute Gasteiger partial charge is 0.306 e. The normalized spacial score (nSPS) is 26.9. The largest absolute Gasteiger partial charge is 0.481 e. The summed E-state index contributed by atoms with van der Waals surface area (Å²) in [7, 11) is 0. The van der Waals surface area contributed by atoms with Crippen LogP contribution in [-0.4, -0.2) is 47.7 Å². The molecule has 0 spiro atoms. The van der Waals surface area contributed by atoms with E-state index in [1.54, 1.807) is 4.90 Å². The van der Waals surface area contributed by atoms with Crippen LogP contribution >= 0.6 is 0 Å². The second-order valence-corrected chi connectivity index (χ2v) is 5.99. The summed E-state index contributed by atoms with van der Waals surface area (Å²) in [6.45, 7) is 0.941. The first-order valence-electron chi connectivity index (χ1n) is 7.53. The van der Waals surface area contributed by atoms with Gasteiger partial charge >= 0.3 is 5.97 Å². The maximum atomic E-state index is 13.8. The number of nitrogens with zero attached hydrogens (tertiary/aromatic N) is 1. The number of carboxylic acid groups (broad SMARTS) is 1. The topological polar surface area (TPSA) is 66.8 Å². The summed E-state index contributed by atoms with van der Waals surface area (Å²) in [5.74, 6) is -2.91. The Bertz CT molecular complexity index is 637. The number of carbonyl (C=O) groups is 2. The van der Waals surface area contributed by atoms with Crippen LogP contribution in [0.4, 0.5) is 8.78 Å². The summed E-state index contributed by atoms with van der Waals surface area (Å²) in [5, 5.41) is 8.80. The molecule has 1 aromatic rings. The standard InChI is InChI=1S/C16H17F2NO4/c17-9-1-2-11(14(18)5-9)12-7-13(12)16(22)19-3-4-23-10(8-19)6-15(20)21/h1-2,5,10,12-13H,3-4,6-8H2,(H,20,21)/t10-,12-,13+/m1/s1. The van der Waals surface area contributed by atoms with Gasteiger partial charge in [0.05, 0.1) is 19.1 Å². The Hall–Kier alpha value is -2.02. The van der Waals surface area contributed by atoms with Gasteiger partial charge in [-0.05, 0) is 24.0 Å². The van der Waals surface area contributed by atoms with Gasteiger partial charge in [-0.3, -0.25) is 9.59 Å². The van der Waals surface area contributed by atoms with E-state index < -0.39 is 23.7 Å². The van der Waals surface area contributed by atoms with Crippen LogP contribution in [0.1, 0.15) is 24.3 Å². The minimum Gasteiger partial charge on any atom is -0.481 e. The highest BCUT2D eigenvalue weighted by Crippen LogP contribution is 2.49. The number of aliphatic carboxylic acids is 1. The molecule has 0 unspecified atom stereocenters. The Balaban J connectivity index is 1.62. The molecule has 2 aliphatic rings. The van der Waals surface area contributed by atoms with E-state index >= 15 is 0 Å². The van der Waals surface area contributed by atoms with Gasteiger partial charge in [0.2, 0.25) is 5.91 Å². The van der Waals surface area contributed by atoms with Crippen molar-refractivity contribution in [2.24, 2.45) is 5.92 Å². The highest BCUT2D eigenvalue weighted by Gasteiger charge is 2.47. The third-order valence-electron chi connectivity index (χ3n) is 4.32. The second-order valence-electron chi connectivity index (χ2n) is 5.99. The molecule has 1 saturated carbocycles. The molecule has 3 atom stereocenters. The molecule has 5 nitrogen and oxygen atoms in total. The van der Waals surface area contributed by atoms with Crippen molar-refractivity contribution in [3.05, 3.63) is 35.4 Å². The molecule has 1 aromatic carbocycles. The van der Waals surface area contributed by atoms with Gasteiger partial charge in [-0.1, -0.05) is 6.07 Å². The Morgan fingerprint density at radius 2 is 2.13 bits per heavy atom. The molecule has 1 N–H and O–H groups in total. The predicted octanol–water partition coefficient (Wildman–Crippen LogP) is 1.77. The molecule has 1 saturated heterocycles. The summed E-state index contributed by atoms with van der Waals surface area (Å²) in [6, 6.07) is 3.40. The number of rotatable bonds is 4. The Morgan fingerprint density at radius 1 is 1.35 bits per heavy atom. The molecule has 1 heterocycles. The third kappa shape index (κ3) is 3.50. The lowest BCUT2D eigenvalue weighted by atomic mass is 10.1. The van der Waals surface area contributed by atoms with Crippen molar-refractivity contribution in [2.75, 3.05) is 19.7 Å². The quantitative estimate of drug-likeness (QED) is 0.916. The summed E-state index contributed by atoms with van der Waals surface area (Å²) in [4.78, 5) is 24.8. The number of carbonyl (C=O) groups excluding carboxylic acids is 1. The fraction of sp³-hybridized carbons (Fsp3) is 0.500. The average molecular weight is 325 g/mol. The van der Waals surface area contributed by atoms with Crippen LogP contribution < -0.4 is 0 Å². The van der Waals surface area contributed by atoms with E-state index in [-0.39, 0.29) is 30.7 Å². The summed E-state index contributed by atoms with van der Waals surface area (Å²) >= 11 is 0. The molecule has 0 radical (unpaired) electrons. The number of amides is 1. The molecule has 0 aromatic heterocycles. The van der Waals surface area contributed by atoms with Gasteiger partial charge in [-0.25, -0.2) is 8.78 Å². The first-order valence-corrected chi connectivity index (χ1v) is 7.53. The molecule has 0 bridgehead atoms. The number of ether oxygens (including phenoxy) is 1. The number of hydrogen-bond donors (Lipinski definition) is 1. The van der Waals surface area contributed by atoms with Gasteiger partial charge in [-0.15, -0.1) is 0 Å². The van der Waals surface area contributed by atoms with Gasteiger partial charge in [0.1, 0.15) is 11.6 Å². The van der Waals surface area contributed by atoms with Gasteiger partial charge in [0.15, 0.2) is 0 Å². The van der Waals surface area contributed by atoms with Crippen LogP contribution in [0.15, 0.2) is 18.2 Å². The second kappa shape index (κ2) is 6.23. The van der Waals surface area contributed by atoms with E-state index in [1.807, 2.05) is 0 Å². The first-order chi connectivity index (χ1) is 11.0. The van der Waals surface area contributed by atoms with Gasteiger partial charge in [0.25, 0.3) is 0 Å². The van der Waals surface area contributed by atoms with Crippen molar-refractivity contribution in [1.29, 1.82) is 0 Å². The van der Waals surface area contributed by atoms with Crippen molar-refractivity contribution < 1.29 is 28.2 Å². The van der Waals surface area contributed by atoms with Crippen LogP contribution in [0.2, 0.25) is 0 Å². The Morgan fingerprint density at radius 3 is 2.83 bits per heavy atom. The average Bonchev–Trinajstić information content (AvgIpc) is 3.26. The zero-order chi connectivity index (χ0) is 16.6. The summed E-state index contributed by atoms with van der Waals surface area (Å²) in [5.41, 5.74) is 0.361. The van der Waals surface area contributed by atoms with Crippen molar-refractivity contribution in [2.45, 2.75) is 24.9 Å². The van der Waals surface area contributed by atoms with Gasteiger partial charge in [0, 0.05) is 25.1 Å². The van der Waals surface area contributed by atoms with Crippen molar-refractivity contribution in [3.63, 3.8) is 0 Å². The minimum atomic E-state index is -0.970. The summed E-state index contributed by atoms with van der Waals surface area (Å²) < 4.78 is 32.1. The zero-order valence-electron chi connectivity index (χ0n) is 12.4. The van der Waals surface area contributed by atoms with Gasteiger partial charge in [-0.2, -0.15) is 0 Å². The van der Waals surface area contributed by atoms with E-state index in [0.29, 0.717) is 25.1 Å². The van der Waals surface area contributed by atoms with E-state index in [9.17, 15) is 18.4 Å². The highest BCUT2D eigenvalue weighted by atomic mass is 19.1. The maximum absolute atomic E-state index is 13.8. The minimum absolute atomic E-state index is 0.114. The van der Waals surface area contributed by atoms with Crippen molar-refractivity contribution in [3.8, 4) is 0 Å². The fourth-order valence-corrected chi connectivity index (χ4v) is 3.09. The van der Waals surface area contributed by atoms with E-state index in [4.69, 9.17) is 9.84 Å². The van der Waals surface area contributed by atoms with Crippen LogP contribution in [-0.2, 0) is 14.3 Å². The zero-order valence-corrected chi connectivity index (χ0v) is 12.4. The Labute approximate surface area is 131 Å². The fourth-order valence-electron chi connectivity index (χ4n) is 3.09. The number of hydrogen-bond acceptors (Lipinski definition) is 3. The molecular formula is C16H17F2NO4. The van der Waals surface area contributed by atoms with Crippen molar-refractivity contribution >= 4 is 11.9 Å². The van der Waals surface area contributed by atoms with Crippen LogP contribution in [0.5, 0.6) is 0 Å². The molecule has 1 amide bonds. The maximum Gasteiger partial charge on any atom is 0.306 e. The lowest BCUT2D eigenvalue weighted by Crippen LogP contribution is -2.47. The molecule has 23 heavy (non-hydrogen) atoms. The van der Waals surface area contributed by atoms with E-state index in [1.165, 1.54) is 12.1 Å². The van der Waals surface area contributed by atoms with E-state index in [0.717, 1.165) is 6.07 Å². The Kier molecular flexibility index (Phi) is 4.30. The number of carboxylic acids is 1. The molecule has 3 rings (SSSR count). The van der Waals surface area contributed by atoms with E-state index in [2.05, 4.69) is 0 Å². The molecule has 1 aliphatic carbocycles. The molecule has 7 heteroatoms. The lowest BCUT2D eigenvalue weighted by Gasteiger charge is -2.32. The third-order valence-corrected chi connectivity index (χ3v) is 4.32. The van der Waals surface area contributed by atoms with Crippen LogP contribution in [0.25, 0.3) is 0 Å². The number of morpholine rings is 1. The molecular weight excluding hydrogens is 308 g/mol. The van der Waals surface area contributed by atoms with Crippen LogP contribution in [0.3, 0.4) is 0 Å². The molecule has 124 valence electrons. The molecule has 1 aliphatic heterocycles. The number of benzene rings is 1. The monoisotopic (exact) mass is 325 g/mol. The first kappa shape index (κ1) is 15.9. The SMILES string of the molecule is O=C(O)C[C@@H]1CN(C(=O)[C@H]2C[C@@H]2c2ccc(F)cc2F)CCO1. The number of halogens is 2. The van der Waals surface area contributed by atoms with Crippen LogP contribution in [0, 0.1) is 17.6 Å². The highest BCUT2D eigenvalue weighted by molar-refractivity contribution is 5.83.